The summed E-state index contributed by atoms with van der Waals surface area (Å²) < 4.78 is 9.72. The number of aliphatic hydroxyl groups excluding tert-OH is 1. The summed E-state index contributed by atoms with van der Waals surface area (Å²) >= 11 is 0. The third kappa shape index (κ3) is 7.79. The van der Waals surface area contributed by atoms with E-state index in [1.807, 2.05) is 6.07 Å². The zero-order valence-electron chi connectivity index (χ0n) is 19.6. The van der Waals surface area contributed by atoms with Crippen molar-refractivity contribution in [3.8, 4) is 11.1 Å². The van der Waals surface area contributed by atoms with Gasteiger partial charge in [-0.15, -0.1) is 0 Å². The Morgan fingerprint density at radius 2 is 1.65 bits per heavy atom. The molecule has 9 heteroatoms. The van der Waals surface area contributed by atoms with E-state index < -0.39 is 29.8 Å². The quantitative estimate of drug-likeness (QED) is 0.266. The number of hydrogen-bond acceptors (Lipinski definition) is 7. The first-order valence-corrected chi connectivity index (χ1v) is 10.3. The van der Waals surface area contributed by atoms with Gasteiger partial charge in [-0.1, -0.05) is 37.4 Å². The molecule has 2 amide bonds. The second-order valence-electron chi connectivity index (χ2n) is 8.28. The van der Waals surface area contributed by atoms with Gasteiger partial charge in [0.25, 0.3) is 5.91 Å². The third-order valence-corrected chi connectivity index (χ3v) is 4.34. The van der Waals surface area contributed by atoms with Gasteiger partial charge in [0, 0.05) is 11.3 Å². The predicted molar refractivity (Wildman–Crippen MR) is 129 cm³/mol. The number of aliphatic hydroxyl groups is 1. The predicted octanol–water partition coefficient (Wildman–Crippen LogP) is 3.54. The van der Waals surface area contributed by atoms with Gasteiger partial charge in [0.05, 0.1) is 12.8 Å². The van der Waals surface area contributed by atoms with Crippen molar-refractivity contribution >= 4 is 23.7 Å². The fourth-order valence-corrected chi connectivity index (χ4v) is 2.73. The lowest BCUT2D eigenvalue weighted by molar-refractivity contribution is -0.136. The van der Waals surface area contributed by atoms with E-state index >= 15 is 0 Å². The van der Waals surface area contributed by atoms with E-state index in [1.165, 1.54) is 7.11 Å². The van der Waals surface area contributed by atoms with Crippen LogP contribution in [0.3, 0.4) is 0 Å². The van der Waals surface area contributed by atoms with Crippen LogP contribution in [-0.2, 0) is 14.3 Å². The molecule has 0 aliphatic carbocycles. The molecule has 1 atom stereocenters. The summed E-state index contributed by atoms with van der Waals surface area (Å²) in [6.45, 7) is 12.4. The van der Waals surface area contributed by atoms with Crippen LogP contribution < -0.4 is 16.0 Å². The Bertz CT molecular complexity index is 1090. The van der Waals surface area contributed by atoms with Gasteiger partial charge < -0.3 is 25.2 Å². The van der Waals surface area contributed by atoms with Crippen molar-refractivity contribution in [2.45, 2.75) is 32.6 Å². The van der Waals surface area contributed by atoms with E-state index in [2.05, 4.69) is 33.8 Å². The average molecular weight is 468 g/mol. The molecule has 0 aromatic heterocycles. The minimum Gasteiger partial charge on any atom is -0.464 e. The Morgan fingerprint density at radius 3 is 2.24 bits per heavy atom. The van der Waals surface area contributed by atoms with Crippen molar-refractivity contribution in [2.75, 3.05) is 12.4 Å². The summed E-state index contributed by atoms with van der Waals surface area (Å²) in [5.41, 5.74) is 1.62. The van der Waals surface area contributed by atoms with Gasteiger partial charge in [-0.2, -0.15) is 0 Å². The monoisotopic (exact) mass is 467 g/mol. The summed E-state index contributed by atoms with van der Waals surface area (Å²) in [6, 6.07) is 13.9. The summed E-state index contributed by atoms with van der Waals surface area (Å²) in [5, 5.41) is 17.6. The van der Waals surface area contributed by atoms with E-state index in [0.29, 0.717) is 11.3 Å². The highest BCUT2D eigenvalue weighted by atomic mass is 16.6. The summed E-state index contributed by atoms with van der Waals surface area (Å²) in [7, 11) is 1.18. The molecule has 0 saturated carbocycles. The Kier molecular flexibility index (Phi) is 8.58. The fourth-order valence-electron chi connectivity index (χ4n) is 2.73. The van der Waals surface area contributed by atoms with Crippen LogP contribution in [0.2, 0.25) is 0 Å². The number of hydrogen-bond donors (Lipinski definition) is 4. The highest BCUT2D eigenvalue weighted by molar-refractivity contribution is 5.96. The normalized spacial score (nSPS) is 11.6. The molecule has 0 spiro atoms. The van der Waals surface area contributed by atoms with Gasteiger partial charge >= 0.3 is 12.1 Å². The largest absolute Gasteiger partial charge is 0.464 e. The lowest BCUT2D eigenvalue weighted by Gasteiger charge is -2.19. The molecule has 0 saturated heterocycles. The van der Waals surface area contributed by atoms with Crippen molar-refractivity contribution in [1.29, 1.82) is 0 Å². The van der Waals surface area contributed by atoms with E-state index in [-0.39, 0.29) is 11.4 Å². The number of nitrogens with one attached hydrogen (secondary N) is 3. The topological polar surface area (TPSA) is 126 Å². The number of esters is 1. The summed E-state index contributed by atoms with van der Waals surface area (Å²) in [5.74, 6) is -1.25. The van der Waals surface area contributed by atoms with Crippen LogP contribution in [0.15, 0.2) is 73.1 Å². The molecule has 2 aromatic rings. The number of carbonyl (C=O) groups is 3. The van der Waals surface area contributed by atoms with Crippen molar-refractivity contribution in [3.63, 3.8) is 0 Å². The zero-order valence-corrected chi connectivity index (χ0v) is 19.6. The second-order valence-corrected chi connectivity index (χ2v) is 8.28. The van der Waals surface area contributed by atoms with Crippen molar-refractivity contribution in [1.82, 2.24) is 10.6 Å². The van der Waals surface area contributed by atoms with Crippen LogP contribution in [0.25, 0.3) is 11.1 Å². The molecular weight excluding hydrogens is 438 g/mol. The highest BCUT2D eigenvalue weighted by Gasteiger charge is 2.18. The Balaban J connectivity index is 2.04. The number of ether oxygens (including phenoxy) is 2. The minimum atomic E-state index is -1.44. The minimum absolute atomic E-state index is 0.0713. The van der Waals surface area contributed by atoms with Crippen molar-refractivity contribution < 1.29 is 29.0 Å². The van der Waals surface area contributed by atoms with Crippen LogP contribution in [0.5, 0.6) is 0 Å². The van der Waals surface area contributed by atoms with Gasteiger partial charge in [-0.3, -0.25) is 10.1 Å². The first-order valence-electron chi connectivity index (χ1n) is 10.3. The third-order valence-electron chi connectivity index (χ3n) is 4.34. The van der Waals surface area contributed by atoms with Crippen molar-refractivity contribution in [2.24, 2.45) is 0 Å². The molecule has 9 nitrogen and oxygen atoms in total. The second kappa shape index (κ2) is 11.2. The van der Waals surface area contributed by atoms with Gasteiger partial charge in [-0.25, -0.2) is 9.59 Å². The molecule has 0 bridgehead atoms. The fraction of sp³-hybridized carbons (Fsp3) is 0.240. The first kappa shape index (κ1) is 26.1. The smallest absolute Gasteiger partial charge is 0.412 e. The highest BCUT2D eigenvalue weighted by Crippen LogP contribution is 2.23. The number of benzene rings is 2. The van der Waals surface area contributed by atoms with Gasteiger partial charge in [0.15, 0.2) is 6.23 Å². The number of carbonyl (C=O) groups excluding carboxylic acids is 3. The Morgan fingerprint density at radius 1 is 1.00 bits per heavy atom. The maximum absolute atomic E-state index is 12.6. The summed E-state index contributed by atoms with van der Waals surface area (Å²) in [4.78, 5) is 35.9. The molecule has 0 radical (unpaired) electrons. The Hall–Kier alpha value is -4.11. The molecule has 1 unspecified atom stereocenters. The number of rotatable bonds is 8. The molecule has 0 fully saturated rings. The van der Waals surface area contributed by atoms with Crippen LogP contribution in [-0.4, -0.2) is 42.0 Å². The number of methoxy groups -OCH3 is 1. The SMILES string of the molecule is C=C(NC(O)C(=C)NC(=O)c1cccc(-c2ccc(NC(=O)OC(C)(C)C)cc2)c1)C(=O)OC. The average Bonchev–Trinajstić information content (AvgIpc) is 2.77. The van der Waals surface area contributed by atoms with Crippen molar-refractivity contribution in [3.05, 3.63) is 78.6 Å². The number of amides is 2. The first-order chi connectivity index (χ1) is 15.9. The molecular formula is C25H29N3O6. The van der Waals surface area contributed by atoms with Crippen LogP contribution in [0, 0.1) is 0 Å². The lowest BCUT2D eigenvalue weighted by atomic mass is 10.0. The van der Waals surface area contributed by atoms with E-state index in [1.54, 1.807) is 63.2 Å². The lowest BCUT2D eigenvalue weighted by Crippen LogP contribution is -2.39. The zero-order chi connectivity index (χ0) is 25.5. The maximum atomic E-state index is 12.6. The van der Waals surface area contributed by atoms with E-state index in [4.69, 9.17) is 4.74 Å². The molecule has 2 aromatic carbocycles. The maximum Gasteiger partial charge on any atom is 0.412 e. The molecule has 34 heavy (non-hydrogen) atoms. The molecule has 0 aliphatic rings. The standard InChI is InChI=1S/C25H29N3O6/c1-15(21(29)27-16(2)23(31)33-6)26-22(30)19-9-7-8-18(14-19)17-10-12-20(13-11-17)28-24(32)34-25(3,4)5/h7-14,21,27,29H,1-2H2,3-6H3,(H,26,30)(H,28,32). The Labute approximate surface area is 198 Å². The van der Waals surface area contributed by atoms with Crippen LogP contribution in [0.1, 0.15) is 31.1 Å². The van der Waals surface area contributed by atoms with Gasteiger partial charge in [-0.05, 0) is 56.2 Å². The summed E-state index contributed by atoms with van der Waals surface area (Å²) in [6.07, 6.45) is -1.99. The molecule has 0 aliphatic heterocycles. The van der Waals surface area contributed by atoms with Gasteiger partial charge in [0.1, 0.15) is 11.3 Å². The molecule has 4 N–H and O–H groups in total. The molecule has 2 rings (SSSR count). The van der Waals surface area contributed by atoms with E-state index in [9.17, 15) is 19.5 Å². The molecule has 180 valence electrons. The number of anilines is 1. The van der Waals surface area contributed by atoms with E-state index in [0.717, 1.165) is 11.1 Å². The van der Waals surface area contributed by atoms with Gasteiger partial charge in [0.2, 0.25) is 0 Å². The van der Waals surface area contributed by atoms with Crippen LogP contribution in [0.4, 0.5) is 10.5 Å². The molecule has 0 heterocycles. The van der Waals surface area contributed by atoms with Crippen LogP contribution >= 0.6 is 0 Å².